The third kappa shape index (κ3) is 4.59. The van der Waals surface area contributed by atoms with Crippen molar-refractivity contribution in [1.29, 1.82) is 0 Å². The van der Waals surface area contributed by atoms with Crippen molar-refractivity contribution in [2.45, 2.75) is 38.6 Å². The molecule has 140 valence electrons. The van der Waals surface area contributed by atoms with Crippen LogP contribution in [0.25, 0.3) is 0 Å². The molecule has 27 heavy (non-hydrogen) atoms. The van der Waals surface area contributed by atoms with Gasteiger partial charge in [0.2, 0.25) is 0 Å². The summed E-state index contributed by atoms with van der Waals surface area (Å²) < 4.78 is 9.10. The smallest absolute Gasteiger partial charge is 0.273 e. The summed E-state index contributed by atoms with van der Waals surface area (Å²) in [6, 6.07) is 10.1. The molecule has 3 aromatic rings. The molecule has 0 bridgehead atoms. The van der Waals surface area contributed by atoms with Crippen LogP contribution in [-0.4, -0.2) is 43.4 Å². The van der Waals surface area contributed by atoms with Gasteiger partial charge in [0.25, 0.3) is 5.91 Å². The second-order valence-electron chi connectivity index (χ2n) is 6.68. The number of amides is 1. The van der Waals surface area contributed by atoms with Crippen LogP contribution in [0.15, 0.2) is 48.9 Å². The highest BCUT2D eigenvalue weighted by atomic mass is 16.5. The molecule has 4 rings (SSSR count). The summed E-state index contributed by atoms with van der Waals surface area (Å²) in [6.45, 7) is 2.52. The van der Waals surface area contributed by atoms with Crippen molar-refractivity contribution in [2.75, 3.05) is 6.61 Å². The molecular weight excluding hydrogens is 344 g/mol. The van der Waals surface area contributed by atoms with Gasteiger partial charge in [-0.1, -0.05) is 35.5 Å². The van der Waals surface area contributed by atoms with E-state index in [-0.39, 0.29) is 12.0 Å². The van der Waals surface area contributed by atoms with E-state index in [0.29, 0.717) is 25.3 Å². The Labute approximate surface area is 157 Å². The number of aromatic nitrogens is 5. The molecule has 1 aliphatic rings. The first-order valence-electron chi connectivity index (χ1n) is 9.11. The number of rotatable bonds is 7. The highest BCUT2D eigenvalue weighted by Crippen LogP contribution is 2.13. The lowest BCUT2D eigenvalue weighted by Gasteiger charge is -2.07. The largest absolute Gasteiger partial charge is 0.376 e. The molecule has 8 nitrogen and oxygen atoms in total. The summed E-state index contributed by atoms with van der Waals surface area (Å²) in [7, 11) is 0. The third-order valence-electron chi connectivity index (χ3n) is 4.51. The van der Waals surface area contributed by atoms with Gasteiger partial charge in [0.1, 0.15) is 0 Å². The van der Waals surface area contributed by atoms with Crippen molar-refractivity contribution < 1.29 is 9.53 Å². The standard InChI is InChI=1S/C19H22N6O2/c26-19(18-14-25(23-22-18)13-17-7-4-8-27-17)20-9-16-10-21-24(12-16)11-15-5-2-1-3-6-15/h1-3,5-6,10,12,14,17H,4,7-9,11,13H2,(H,20,26)/t17-/m0/s1. The Morgan fingerprint density at radius 2 is 2.07 bits per heavy atom. The molecule has 0 unspecified atom stereocenters. The number of nitrogens with one attached hydrogen (secondary N) is 1. The molecule has 8 heteroatoms. The molecule has 0 radical (unpaired) electrons. The van der Waals surface area contributed by atoms with Gasteiger partial charge in [-0.3, -0.25) is 9.48 Å². The van der Waals surface area contributed by atoms with Crippen LogP contribution in [0.5, 0.6) is 0 Å². The van der Waals surface area contributed by atoms with Crippen molar-refractivity contribution in [2.24, 2.45) is 0 Å². The lowest BCUT2D eigenvalue weighted by Crippen LogP contribution is -2.23. The van der Waals surface area contributed by atoms with E-state index in [1.807, 2.05) is 29.1 Å². The van der Waals surface area contributed by atoms with E-state index in [9.17, 15) is 4.79 Å². The zero-order valence-electron chi connectivity index (χ0n) is 15.0. The predicted octanol–water partition coefficient (Wildman–Crippen LogP) is 1.63. The van der Waals surface area contributed by atoms with Gasteiger partial charge in [0.15, 0.2) is 5.69 Å². The van der Waals surface area contributed by atoms with E-state index < -0.39 is 0 Å². The molecule has 1 saturated heterocycles. The van der Waals surface area contributed by atoms with Gasteiger partial charge in [-0.2, -0.15) is 5.10 Å². The SMILES string of the molecule is O=C(NCc1cnn(Cc2ccccc2)c1)c1cn(C[C@@H]2CCCO2)nn1. The minimum atomic E-state index is -0.246. The number of carbonyl (C=O) groups excluding carboxylic acids is 1. The minimum Gasteiger partial charge on any atom is -0.376 e. The molecular formula is C19H22N6O2. The molecule has 1 fully saturated rings. The molecule has 2 aromatic heterocycles. The fourth-order valence-electron chi connectivity index (χ4n) is 3.12. The number of carbonyl (C=O) groups is 1. The summed E-state index contributed by atoms with van der Waals surface area (Å²) in [6.07, 6.45) is 7.62. The van der Waals surface area contributed by atoms with E-state index in [4.69, 9.17) is 4.74 Å². The van der Waals surface area contributed by atoms with Crippen molar-refractivity contribution in [3.8, 4) is 0 Å². The van der Waals surface area contributed by atoms with Crippen molar-refractivity contribution in [3.63, 3.8) is 0 Å². The van der Waals surface area contributed by atoms with E-state index in [1.165, 1.54) is 5.56 Å². The Balaban J connectivity index is 1.28. The average Bonchev–Trinajstić information content (AvgIpc) is 3.44. The average molecular weight is 366 g/mol. The maximum Gasteiger partial charge on any atom is 0.273 e. The van der Waals surface area contributed by atoms with Crippen molar-refractivity contribution >= 4 is 5.91 Å². The van der Waals surface area contributed by atoms with Crippen LogP contribution < -0.4 is 5.32 Å². The number of benzene rings is 1. The number of nitrogens with zero attached hydrogens (tertiary/aromatic N) is 5. The first-order valence-corrected chi connectivity index (χ1v) is 9.11. The zero-order valence-corrected chi connectivity index (χ0v) is 15.0. The second kappa shape index (κ2) is 8.13. The molecule has 1 aliphatic heterocycles. The lowest BCUT2D eigenvalue weighted by molar-refractivity contribution is 0.0929. The van der Waals surface area contributed by atoms with Crippen LogP contribution in [-0.2, 0) is 24.4 Å². The molecule has 0 saturated carbocycles. The van der Waals surface area contributed by atoms with Gasteiger partial charge >= 0.3 is 0 Å². The Bertz CT molecular complexity index is 883. The quantitative estimate of drug-likeness (QED) is 0.687. The van der Waals surface area contributed by atoms with E-state index in [0.717, 1.165) is 25.0 Å². The fourth-order valence-corrected chi connectivity index (χ4v) is 3.12. The van der Waals surface area contributed by atoms with Crippen LogP contribution >= 0.6 is 0 Å². The third-order valence-corrected chi connectivity index (χ3v) is 4.51. The van der Waals surface area contributed by atoms with Crippen LogP contribution in [0.4, 0.5) is 0 Å². The summed E-state index contributed by atoms with van der Waals surface area (Å²) in [5.41, 5.74) is 2.43. The Morgan fingerprint density at radius 1 is 1.19 bits per heavy atom. The highest BCUT2D eigenvalue weighted by molar-refractivity contribution is 5.91. The Kier molecular flexibility index (Phi) is 5.24. The van der Waals surface area contributed by atoms with Crippen LogP contribution in [0.2, 0.25) is 0 Å². The maximum atomic E-state index is 12.3. The minimum absolute atomic E-state index is 0.165. The molecule has 1 N–H and O–H groups in total. The fraction of sp³-hybridized carbons (Fsp3) is 0.368. The molecule has 3 heterocycles. The molecule has 1 atom stereocenters. The number of hydrogen-bond donors (Lipinski definition) is 1. The number of hydrogen-bond acceptors (Lipinski definition) is 5. The summed E-state index contributed by atoms with van der Waals surface area (Å²) in [4.78, 5) is 12.3. The second-order valence-corrected chi connectivity index (χ2v) is 6.68. The topological polar surface area (TPSA) is 86.9 Å². The molecule has 1 aromatic carbocycles. The highest BCUT2D eigenvalue weighted by Gasteiger charge is 2.18. The van der Waals surface area contributed by atoms with E-state index in [2.05, 4.69) is 32.9 Å². The van der Waals surface area contributed by atoms with Gasteiger partial charge in [-0.15, -0.1) is 5.10 Å². The number of ether oxygens (including phenoxy) is 1. The van der Waals surface area contributed by atoms with Gasteiger partial charge in [0, 0.05) is 24.9 Å². The van der Waals surface area contributed by atoms with Crippen LogP contribution in [0, 0.1) is 0 Å². The van der Waals surface area contributed by atoms with Crippen LogP contribution in [0.1, 0.15) is 34.5 Å². The normalized spacial score (nSPS) is 16.5. The summed E-state index contributed by atoms with van der Waals surface area (Å²) in [5, 5.41) is 15.2. The van der Waals surface area contributed by atoms with Crippen molar-refractivity contribution in [1.82, 2.24) is 30.1 Å². The van der Waals surface area contributed by atoms with Gasteiger partial charge in [-0.05, 0) is 18.4 Å². The van der Waals surface area contributed by atoms with Gasteiger partial charge in [-0.25, -0.2) is 4.68 Å². The molecule has 0 aliphatic carbocycles. The predicted molar refractivity (Wildman–Crippen MR) is 97.9 cm³/mol. The van der Waals surface area contributed by atoms with Gasteiger partial charge < -0.3 is 10.1 Å². The monoisotopic (exact) mass is 366 g/mol. The molecule has 0 spiro atoms. The summed E-state index contributed by atoms with van der Waals surface area (Å²) >= 11 is 0. The maximum absolute atomic E-state index is 12.3. The Morgan fingerprint density at radius 3 is 2.89 bits per heavy atom. The first-order chi connectivity index (χ1) is 13.3. The zero-order chi connectivity index (χ0) is 18.5. The van der Waals surface area contributed by atoms with E-state index in [1.54, 1.807) is 17.1 Å². The first kappa shape index (κ1) is 17.4. The van der Waals surface area contributed by atoms with Crippen LogP contribution in [0.3, 0.4) is 0 Å². The lowest BCUT2D eigenvalue weighted by atomic mass is 10.2. The van der Waals surface area contributed by atoms with Gasteiger partial charge in [0.05, 0.1) is 31.6 Å². The van der Waals surface area contributed by atoms with Crippen molar-refractivity contribution in [3.05, 3.63) is 65.7 Å². The molecule has 1 amide bonds. The van der Waals surface area contributed by atoms with E-state index >= 15 is 0 Å². The Hall–Kier alpha value is -3.00. The summed E-state index contributed by atoms with van der Waals surface area (Å²) in [5.74, 6) is -0.246.